The number of terminal acetylenes is 1. The summed E-state index contributed by atoms with van der Waals surface area (Å²) in [4.78, 5) is 24.1. The fourth-order valence-corrected chi connectivity index (χ4v) is 1.96. The average Bonchev–Trinajstić information content (AvgIpc) is 2.40. The van der Waals surface area contributed by atoms with Crippen LogP contribution in [0.2, 0.25) is 0 Å². The third-order valence-electron chi connectivity index (χ3n) is 2.98. The van der Waals surface area contributed by atoms with Crippen LogP contribution in [-0.2, 0) is 7.05 Å². The predicted octanol–water partition coefficient (Wildman–Crippen LogP) is 1.21. The van der Waals surface area contributed by atoms with Gasteiger partial charge in [-0.05, 0) is 24.4 Å². The van der Waals surface area contributed by atoms with Crippen LogP contribution in [0.25, 0.3) is 10.8 Å². The minimum absolute atomic E-state index is 0.138. The third-order valence-corrected chi connectivity index (χ3v) is 2.98. The number of hydrogen-bond donors (Lipinski definition) is 1. The lowest BCUT2D eigenvalue weighted by Gasteiger charge is -2.10. The molecule has 0 saturated heterocycles. The molecule has 4 nitrogen and oxygen atoms in total. The highest BCUT2D eigenvalue weighted by atomic mass is 16.2. The minimum Gasteiger partial charge on any atom is -0.340 e. The maximum Gasteiger partial charge on any atom is 0.268 e. The summed E-state index contributed by atoms with van der Waals surface area (Å²) in [6.07, 6.45) is 5.10. The summed E-state index contributed by atoms with van der Waals surface area (Å²) < 4.78 is 1.34. The molecule has 0 aliphatic heterocycles. The van der Waals surface area contributed by atoms with Gasteiger partial charge in [-0.15, -0.1) is 6.42 Å². The van der Waals surface area contributed by atoms with Crippen molar-refractivity contribution in [1.82, 2.24) is 9.88 Å². The Hall–Kier alpha value is -2.54. The second-order valence-corrected chi connectivity index (χ2v) is 4.37. The molecular formula is C15H14N2O2. The first kappa shape index (κ1) is 12.9. The van der Waals surface area contributed by atoms with Gasteiger partial charge in [0.25, 0.3) is 11.5 Å². The molecule has 0 unspecified atom stereocenters. The van der Waals surface area contributed by atoms with Crippen LogP contribution >= 0.6 is 0 Å². The Labute approximate surface area is 111 Å². The van der Waals surface area contributed by atoms with Gasteiger partial charge in [-0.2, -0.15) is 0 Å². The molecule has 19 heavy (non-hydrogen) atoms. The second kappa shape index (κ2) is 4.99. The predicted molar refractivity (Wildman–Crippen MR) is 75.1 cm³/mol. The van der Waals surface area contributed by atoms with Gasteiger partial charge in [0.05, 0.1) is 6.54 Å². The van der Waals surface area contributed by atoms with E-state index in [9.17, 15) is 9.59 Å². The number of aromatic nitrogens is 1. The lowest BCUT2D eigenvalue weighted by Crippen LogP contribution is -2.31. The summed E-state index contributed by atoms with van der Waals surface area (Å²) in [5.41, 5.74) is 1.12. The van der Waals surface area contributed by atoms with E-state index < -0.39 is 0 Å². The Balaban J connectivity index is 2.62. The maximum absolute atomic E-state index is 12.2. The van der Waals surface area contributed by atoms with E-state index in [1.54, 1.807) is 13.1 Å². The fourth-order valence-electron chi connectivity index (χ4n) is 1.96. The van der Waals surface area contributed by atoms with Gasteiger partial charge in [0.15, 0.2) is 0 Å². The van der Waals surface area contributed by atoms with Crippen LogP contribution in [0.15, 0.2) is 29.1 Å². The molecule has 0 spiro atoms. The Morgan fingerprint density at radius 1 is 1.42 bits per heavy atom. The normalized spacial score (nSPS) is 10.2. The molecule has 2 aromatic rings. The van der Waals surface area contributed by atoms with E-state index >= 15 is 0 Å². The van der Waals surface area contributed by atoms with Gasteiger partial charge in [0.2, 0.25) is 0 Å². The maximum atomic E-state index is 12.2. The molecule has 2 rings (SSSR count). The fraction of sp³-hybridized carbons (Fsp3) is 0.200. The number of fused-ring (bicyclic) bond motifs is 1. The third kappa shape index (κ3) is 2.36. The summed E-state index contributed by atoms with van der Waals surface area (Å²) in [5, 5.41) is 3.91. The van der Waals surface area contributed by atoms with Crippen LogP contribution in [0, 0.1) is 19.3 Å². The lowest BCUT2D eigenvalue weighted by molar-refractivity contribution is 0.0949. The van der Waals surface area contributed by atoms with E-state index in [4.69, 9.17) is 6.42 Å². The Morgan fingerprint density at radius 2 is 2.16 bits per heavy atom. The van der Waals surface area contributed by atoms with E-state index in [1.165, 1.54) is 4.57 Å². The number of pyridine rings is 1. The molecule has 1 amide bonds. The Kier molecular flexibility index (Phi) is 3.39. The molecule has 0 fully saturated rings. The summed E-state index contributed by atoms with van der Waals surface area (Å²) in [6.45, 7) is 2.06. The molecule has 96 valence electrons. The van der Waals surface area contributed by atoms with E-state index in [1.807, 2.05) is 25.1 Å². The van der Waals surface area contributed by atoms with Crippen molar-refractivity contribution in [3.05, 3.63) is 45.9 Å². The number of amides is 1. The highest BCUT2D eigenvalue weighted by Gasteiger charge is 2.12. The number of nitrogens with zero attached hydrogens (tertiary/aromatic N) is 1. The monoisotopic (exact) mass is 254 g/mol. The number of carbonyl (C=O) groups excluding carboxylic acids is 1. The molecule has 0 aliphatic rings. The van der Waals surface area contributed by atoms with Crippen molar-refractivity contribution in [2.24, 2.45) is 7.05 Å². The Morgan fingerprint density at radius 3 is 2.84 bits per heavy atom. The zero-order valence-corrected chi connectivity index (χ0v) is 10.9. The summed E-state index contributed by atoms with van der Waals surface area (Å²) in [5.74, 6) is 1.98. The number of benzene rings is 1. The number of rotatable bonds is 2. The van der Waals surface area contributed by atoms with Crippen LogP contribution in [0.1, 0.15) is 16.1 Å². The van der Waals surface area contributed by atoms with Crippen LogP contribution in [0.3, 0.4) is 0 Å². The number of aryl methyl sites for hydroxylation is 1. The van der Waals surface area contributed by atoms with Crippen molar-refractivity contribution >= 4 is 16.7 Å². The summed E-state index contributed by atoms with van der Waals surface area (Å²) >= 11 is 0. The van der Waals surface area contributed by atoms with E-state index in [-0.39, 0.29) is 18.0 Å². The average molecular weight is 254 g/mol. The summed E-state index contributed by atoms with van der Waals surface area (Å²) in [7, 11) is 1.58. The van der Waals surface area contributed by atoms with Crippen molar-refractivity contribution in [3.8, 4) is 12.3 Å². The topological polar surface area (TPSA) is 51.1 Å². The largest absolute Gasteiger partial charge is 0.340 e. The smallest absolute Gasteiger partial charge is 0.268 e. The quantitative estimate of drug-likeness (QED) is 0.819. The highest BCUT2D eigenvalue weighted by molar-refractivity contribution is 5.96. The SMILES string of the molecule is C#CCNC(=O)c1cc2ccc(C)cc2c(=O)n1C. The zero-order valence-electron chi connectivity index (χ0n) is 10.9. The number of carbonyl (C=O) groups is 1. The molecule has 1 aromatic carbocycles. The van der Waals surface area contributed by atoms with Gasteiger partial charge in [-0.3, -0.25) is 9.59 Å². The first-order chi connectivity index (χ1) is 9.04. The van der Waals surface area contributed by atoms with Gasteiger partial charge < -0.3 is 9.88 Å². The van der Waals surface area contributed by atoms with Gasteiger partial charge >= 0.3 is 0 Å². The molecule has 0 saturated carbocycles. The van der Waals surface area contributed by atoms with Crippen LogP contribution in [0.5, 0.6) is 0 Å². The number of nitrogens with one attached hydrogen (secondary N) is 1. The molecule has 0 aliphatic carbocycles. The zero-order chi connectivity index (χ0) is 14.0. The van der Waals surface area contributed by atoms with Gasteiger partial charge in [-0.1, -0.05) is 23.6 Å². The van der Waals surface area contributed by atoms with Gasteiger partial charge in [0, 0.05) is 12.4 Å². The van der Waals surface area contributed by atoms with Gasteiger partial charge in [-0.25, -0.2) is 0 Å². The molecular weight excluding hydrogens is 240 g/mol. The second-order valence-electron chi connectivity index (χ2n) is 4.37. The first-order valence-corrected chi connectivity index (χ1v) is 5.86. The summed E-state index contributed by atoms with van der Waals surface area (Å²) in [6, 6.07) is 7.26. The van der Waals surface area contributed by atoms with E-state index in [2.05, 4.69) is 11.2 Å². The van der Waals surface area contributed by atoms with Crippen molar-refractivity contribution in [1.29, 1.82) is 0 Å². The standard InChI is InChI=1S/C15H14N2O2/c1-4-7-16-14(18)13-9-11-6-5-10(2)8-12(11)15(19)17(13)3/h1,5-6,8-9H,7H2,2-3H3,(H,16,18). The van der Waals surface area contributed by atoms with Crippen LogP contribution in [0.4, 0.5) is 0 Å². The van der Waals surface area contributed by atoms with Crippen LogP contribution in [-0.4, -0.2) is 17.0 Å². The van der Waals surface area contributed by atoms with Crippen LogP contribution < -0.4 is 10.9 Å². The minimum atomic E-state index is -0.347. The lowest BCUT2D eigenvalue weighted by atomic mass is 10.1. The highest BCUT2D eigenvalue weighted by Crippen LogP contribution is 2.13. The first-order valence-electron chi connectivity index (χ1n) is 5.86. The van der Waals surface area contributed by atoms with E-state index in [0.29, 0.717) is 11.1 Å². The molecule has 4 heteroatoms. The van der Waals surface area contributed by atoms with E-state index in [0.717, 1.165) is 10.9 Å². The van der Waals surface area contributed by atoms with Crippen molar-refractivity contribution in [2.45, 2.75) is 6.92 Å². The van der Waals surface area contributed by atoms with Crippen molar-refractivity contribution in [3.63, 3.8) is 0 Å². The molecule has 1 N–H and O–H groups in total. The van der Waals surface area contributed by atoms with Crippen molar-refractivity contribution in [2.75, 3.05) is 6.54 Å². The molecule has 0 atom stereocenters. The van der Waals surface area contributed by atoms with Crippen molar-refractivity contribution < 1.29 is 4.79 Å². The molecule has 0 radical (unpaired) electrons. The van der Waals surface area contributed by atoms with Gasteiger partial charge in [0.1, 0.15) is 5.69 Å². The molecule has 1 heterocycles. The molecule has 1 aromatic heterocycles. The Bertz CT molecular complexity index is 751. The number of hydrogen-bond acceptors (Lipinski definition) is 2. The molecule has 0 bridgehead atoms.